The van der Waals surface area contributed by atoms with Gasteiger partial charge in [-0.3, -0.25) is 9.59 Å². The standard InChI is InChI=1S/C14H18N4O3/c1-8-6-18(5-4-15-8)14(20)10-9(2)21-12-11(10)13(19)17(3)7-16-12/h7-8,15H,4-6H2,1-3H3. The van der Waals surface area contributed by atoms with Crippen LogP contribution in [-0.4, -0.2) is 46.0 Å². The first-order valence-electron chi connectivity index (χ1n) is 6.96. The van der Waals surface area contributed by atoms with Gasteiger partial charge in [0.25, 0.3) is 11.5 Å². The van der Waals surface area contributed by atoms with Crippen molar-refractivity contribution in [3.05, 3.63) is 28.0 Å². The molecule has 2 aromatic rings. The van der Waals surface area contributed by atoms with E-state index in [1.54, 1.807) is 18.9 Å². The number of carbonyl (C=O) groups excluding carboxylic acids is 1. The molecule has 3 rings (SSSR count). The lowest BCUT2D eigenvalue weighted by Gasteiger charge is -2.31. The number of hydrogen-bond donors (Lipinski definition) is 1. The van der Waals surface area contributed by atoms with E-state index in [4.69, 9.17) is 4.42 Å². The lowest BCUT2D eigenvalue weighted by atomic mass is 10.1. The molecule has 1 amide bonds. The summed E-state index contributed by atoms with van der Waals surface area (Å²) in [6.07, 6.45) is 1.40. The van der Waals surface area contributed by atoms with Crippen molar-refractivity contribution in [1.29, 1.82) is 0 Å². The Morgan fingerprint density at radius 1 is 1.52 bits per heavy atom. The molecule has 0 spiro atoms. The zero-order valence-corrected chi connectivity index (χ0v) is 12.3. The van der Waals surface area contributed by atoms with Gasteiger partial charge in [-0.05, 0) is 13.8 Å². The van der Waals surface area contributed by atoms with Crippen molar-refractivity contribution < 1.29 is 9.21 Å². The first kappa shape index (κ1) is 13.8. The Morgan fingerprint density at radius 3 is 3.00 bits per heavy atom. The number of furan rings is 1. The van der Waals surface area contributed by atoms with Gasteiger partial charge in [0.15, 0.2) is 0 Å². The molecule has 7 nitrogen and oxygen atoms in total. The van der Waals surface area contributed by atoms with E-state index in [1.165, 1.54) is 10.9 Å². The summed E-state index contributed by atoms with van der Waals surface area (Å²) in [6, 6.07) is 0.238. The van der Waals surface area contributed by atoms with Crippen molar-refractivity contribution in [3.63, 3.8) is 0 Å². The van der Waals surface area contributed by atoms with Gasteiger partial charge in [-0.25, -0.2) is 4.98 Å². The van der Waals surface area contributed by atoms with Gasteiger partial charge < -0.3 is 19.2 Å². The van der Waals surface area contributed by atoms with Gasteiger partial charge in [0.1, 0.15) is 17.5 Å². The average molecular weight is 290 g/mol. The van der Waals surface area contributed by atoms with Crippen LogP contribution in [0.15, 0.2) is 15.5 Å². The monoisotopic (exact) mass is 290 g/mol. The molecule has 0 aliphatic carbocycles. The molecule has 3 heterocycles. The second-order valence-corrected chi connectivity index (χ2v) is 5.48. The summed E-state index contributed by atoms with van der Waals surface area (Å²) in [4.78, 5) is 30.9. The number of piperazine rings is 1. The maximum absolute atomic E-state index is 12.8. The molecule has 1 aliphatic rings. The molecule has 0 saturated carbocycles. The van der Waals surface area contributed by atoms with Crippen LogP contribution in [0.5, 0.6) is 0 Å². The lowest BCUT2D eigenvalue weighted by molar-refractivity contribution is 0.0709. The van der Waals surface area contributed by atoms with E-state index in [2.05, 4.69) is 10.3 Å². The molecule has 0 bridgehead atoms. The van der Waals surface area contributed by atoms with Crippen LogP contribution in [-0.2, 0) is 7.05 Å². The fourth-order valence-corrected chi connectivity index (χ4v) is 2.72. The highest BCUT2D eigenvalue weighted by atomic mass is 16.3. The van der Waals surface area contributed by atoms with E-state index in [-0.39, 0.29) is 28.6 Å². The maximum Gasteiger partial charge on any atom is 0.265 e. The Hall–Kier alpha value is -2.15. The molecule has 7 heteroatoms. The Bertz CT molecular complexity index is 761. The molecule has 0 radical (unpaired) electrons. The summed E-state index contributed by atoms with van der Waals surface area (Å²) < 4.78 is 6.84. The normalized spacial score (nSPS) is 19.2. The van der Waals surface area contributed by atoms with Gasteiger partial charge in [-0.2, -0.15) is 0 Å². The zero-order valence-electron chi connectivity index (χ0n) is 12.3. The third kappa shape index (κ3) is 2.23. The molecule has 1 fully saturated rings. The lowest BCUT2D eigenvalue weighted by Crippen LogP contribution is -2.51. The average Bonchev–Trinajstić information content (AvgIpc) is 2.79. The topological polar surface area (TPSA) is 80.4 Å². The zero-order chi connectivity index (χ0) is 15.1. The number of aromatic nitrogens is 2. The summed E-state index contributed by atoms with van der Waals surface area (Å²) in [5.74, 6) is 0.279. The van der Waals surface area contributed by atoms with Crippen LogP contribution in [0.2, 0.25) is 0 Å². The summed E-state index contributed by atoms with van der Waals surface area (Å²) in [6.45, 7) is 5.71. The van der Waals surface area contributed by atoms with Gasteiger partial charge in [-0.15, -0.1) is 0 Å². The van der Waals surface area contributed by atoms with E-state index in [0.717, 1.165) is 6.54 Å². The molecule has 1 unspecified atom stereocenters. The van der Waals surface area contributed by atoms with Crippen molar-refractivity contribution in [1.82, 2.24) is 19.8 Å². The van der Waals surface area contributed by atoms with Gasteiger partial charge in [0.2, 0.25) is 5.71 Å². The van der Waals surface area contributed by atoms with E-state index < -0.39 is 0 Å². The van der Waals surface area contributed by atoms with Crippen molar-refractivity contribution in [2.45, 2.75) is 19.9 Å². The molecule has 112 valence electrons. The van der Waals surface area contributed by atoms with Crippen LogP contribution < -0.4 is 10.9 Å². The number of rotatable bonds is 1. The van der Waals surface area contributed by atoms with Crippen LogP contribution in [0.4, 0.5) is 0 Å². The predicted molar refractivity (Wildman–Crippen MR) is 77.4 cm³/mol. The van der Waals surface area contributed by atoms with Crippen LogP contribution in [0.25, 0.3) is 11.1 Å². The fourth-order valence-electron chi connectivity index (χ4n) is 2.72. The predicted octanol–water partition coefficient (Wildman–Crippen LogP) is 0.269. The molecule has 1 aliphatic heterocycles. The summed E-state index contributed by atoms with van der Waals surface area (Å²) in [5, 5.41) is 3.56. The third-order valence-corrected chi connectivity index (χ3v) is 3.82. The minimum Gasteiger partial charge on any atom is -0.442 e. The van der Waals surface area contributed by atoms with Gasteiger partial charge in [-0.1, -0.05) is 0 Å². The number of fused-ring (bicyclic) bond motifs is 1. The van der Waals surface area contributed by atoms with E-state index in [0.29, 0.717) is 24.4 Å². The van der Waals surface area contributed by atoms with Crippen molar-refractivity contribution in [2.75, 3.05) is 19.6 Å². The Labute approximate surface area is 121 Å². The smallest absolute Gasteiger partial charge is 0.265 e. The van der Waals surface area contributed by atoms with Gasteiger partial charge in [0, 0.05) is 32.7 Å². The fraction of sp³-hybridized carbons (Fsp3) is 0.500. The van der Waals surface area contributed by atoms with E-state index in [1.807, 2.05) is 6.92 Å². The molecule has 21 heavy (non-hydrogen) atoms. The second kappa shape index (κ2) is 5.00. The van der Waals surface area contributed by atoms with Crippen molar-refractivity contribution in [2.24, 2.45) is 7.05 Å². The summed E-state index contributed by atoms with van der Waals surface area (Å²) in [5.41, 5.74) is 0.304. The van der Waals surface area contributed by atoms with E-state index in [9.17, 15) is 9.59 Å². The minimum atomic E-state index is -0.261. The van der Waals surface area contributed by atoms with Crippen LogP contribution in [0, 0.1) is 6.92 Å². The summed E-state index contributed by atoms with van der Waals surface area (Å²) in [7, 11) is 1.61. The van der Waals surface area contributed by atoms with E-state index >= 15 is 0 Å². The highest BCUT2D eigenvalue weighted by molar-refractivity contribution is 6.06. The van der Waals surface area contributed by atoms with Gasteiger partial charge in [0.05, 0.1) is 5.56 Å². The first-order valence-corrected chi connectivity index (χ1v) is 6.96. The maximum atomic E-state index is 12.8. The number of amides is 1. The van der Waals surface area contributed by atoms with Crippen LogP contribution in [0.1, 0.15) is 23.0 Å². The first-order chi connectivity index (χ1) is 9.99. The SMILES string of the molecule is Cc1oc2ncn(C)c(=O)c2c1C(=O)N1CCNC(C)C1. The molecular weight excluding hydrogens is 272 g/mol. The number of aryl methyl sites for hydroxylation is 2. The number of carbonyl (C=O) groups is 1. The Balaban J connectivity index is 2.11. The number of hydrogen-bond acceptors (Lipinski definition) is 5. The molecule has 1 saturated heterocycles. The molecule has 1 N–H and O–H groups in total. The van der Waals surface area contributed by atoms with Crippen LogP contribution >= 0.6 is 0 Å². The Morgan fingerprint density at radius 2 is 2.29 bits per heavy atom. The number of nitrogens with zero attached hydrogens (tertiary/aromatic N) is 3. The molecule has 0 aromatic carbocycles. The highest BCUT2D eigenvalue weighted by Gasteiger charge is 2.28. The molecule has 1 atom stereocenters. The Kier molecular flexibility index (Phi) is 3.29. The van der Waals surface area contributed by atoms with Crippen molar-refractivity contribution in [3.8, 4) is 0 Å². The van der Waals surface area contributed by atoms with Gasteiger partial charge >= 0.3 is 0 Å². The molecule has 2 aromatic heterocycles. The molecular formula is C14H18N4O3. The quantitative estimate of drug-likeness (QED) is 0.815. The third-order valence-electron chi connectivity index (χ3n) is 3.82. The van der Waals surface area contributed by atoms with Crippen LogP contribution in [0.3, 0.4) is 0 Å². The second-order valence-electron chi connectivity index (χ2n) is 5.48. The minimum absolute atomic E-state index is 0.162. The number of nitrogens with one attached hydrogen (secondary N) is 1. The van der Waals surface area contributed by atoms with Crippen molar-refractivity contribution >= 4 is 17.0 Å². The largest absolute Gasteiger partial charge is 0.442 e. The highest BCUT2D eigenvalue weighted by Crippen LogP contribution is 2.22. The summed E-state index contributed by atoms with van der Waals surface area (Å²) >= 11 is 0.